The SMILES string of the molecule is CCCCCCCCCCCCc1ccc(P(c2ccccc2)c2ccccc2)cc1.O=S(=O)(O)C(F)(F)C(F)(F)C(F)(F)C(F)(F)F. The Kier molecular flexibility index (Phi) is 15.9. The van der Waals surface area contributed by atoms with Gasteiger partial charge in [-0.2, -0.15) is 47.9 Å². The van der Waals surface area contributed by atoms with Crippen molar-refractivity contribution in [1.29, 1.82) is 0 Å². The minimum atomic E-state index is -7.37. The highest BCUT2D eigenvalue weighted by atomic mass is 32.2. The lowest BCUT2D eigenvalue weighted by molar-refractivity contribution is -0.382. The zero-order chi connectivity index (χ0) is 36.1. The molecular weight excluding hydrogens is 690 g/mol. The first-order valence-electron chi connectivity index (χ1n) is 15.5. The van der Waals surface area contributed by atoms with Crippen molar-refractivity contribution in [3.05, 3.63) is 90.5 Å². The molecule has 0 atom stereocenters. The van der Waals surface area contributed by atoms with Gasteiger partial charge in [-0.05, 0) is 42.2 Å². The molecule has 48 heavy (non-hydrogen) atoms. The van der Waals surface area contributed by atoms with Crippen LogP contribution in [0.5, 0.6) is 0 Å². The Bertz CT molecular complexity index is 1410. The molecule has 3 aromatic carbocycles. The highest BCUT2D eigenvalue weighted by Gasteiger charge is 2.85. The van der Waals surface area contributed by atoms with E-state index < -0.39 is 41.3 Å². The van der Waals surface area contributed by atoms with E-state index in [2.05, 4.69) is 91.9 Å². The van der Waals surface area contributed by atoms with Gasteiger partial charge in [-0.15, -0.1) is 0 Å². The molecule has 3 rings (SSSR count). The summed E-state index contributed by atoms with van der Waals surface area (Å²) in [6, 6.07) is 31.4. The molecule has 1 N–H and O–H groups in total. The molecule has 0 aliphatic carbocycles. The van der Waals surface area contributed by atoms with Crippen molar-refractivity contribution in [2.45, 2.75) is 101 Å². The van der Waals surface area contributed by atoms with Gasteiger partial charge in [-0.3, -0.25) is 4.55 Å². The molecule has 0 aliphatic heterocycles. The number of unbranched alkanes of at least 4 members (excludes halogenated alkanes) is 9. The molecule has 0 aromatic heterocycles. The van der Waals surface area contributed by atoms with Gasteiger partial charge in [0.15, 0.2) is 0 Å². The molecular formula is C34H40F9O3PS. The highest BCUT2D eigenvalue weighted by molar-refractivity contribution is 7.87. The summed E-state index contributed by atoms with van der Waals surface area (Å²) >= 11 is 0. The van der Waals surface area contributed by atoms with Crippen molar-refractivity contribution >= 4 is 34.0 Å². The van der Waals surface area contributed by atoms with Crippen LogP contribution in [0.3, 0.4) is 0 Å². The first-order chi connectivity index (χ1) is 22.4. The van der Waals surface area contributed by atoms with Crippen molar-refractivity contribution < 1.29 is 52.5 Å². The van der Waals surface area contributed by atoms with E-state index in [4.69, 9.17) is 4.55 Å². The van der Waals surface area contributed by atoms with E-state index in [9.17, 15) is 47.9 Å². The molecule has 0 saturated carbocycles. The van der Waals surface area contributed by atoms with E-state index >= 15 is 0 Å². The topological polar surface area (TPSA) is 54.4 Å². The Hall–Kier alpha value is -2.63. The summed E-state index contributed by atoms with van der Waals surface area (Å²) in [6.07, 6.45) is 8.10. The summed E-state index contributed by atoms with van der Waals surface area (Å²) in [5.41, 5.74) is 1.49. The number of hydrogen-bond acceptors (Lipinski definition) is 2. The van der Waals surface area contributed by atoms with Crippen LogP contribution in [0.4, 0.5) is 39.5 Å². The molecule has 0 unspecified atom stereocenters. The van der Waals surface area contributed by atoms with Crippen LogP contribution < -0.4 is 15.9 Å². The first-order valence-corrected chi connectivity index (χ1v) is 18.3. The average molecular weight is 731 g/mol. The van der Waals surface area contributed by atoms with Gasteiger partial charge in [-0.25, -0.2) is 0 Å². The molecule has 0 fully saturated rings. The monoisotopic (exact) mass is 730 g/mol. The van der Waals surface area contributed by atoms with Gasteiger partial charge >= 0.3 is 33.4 Å². The molecule has 0 bridgehead atoms. The zero-order valence-corrected chi connectivity index (χ0v) is 28.1. The Labute approximate surface area is 277 Å². The Morgan fingerprint density at radius 3 is 1.29 bits per heavy atom. The van der Waals surface area contributed by atoms with E-state index in [0.717, 1.165) is 0 Å². The van der Waals surface area contributed by atoms with Gasteiger partial charge in [0, 0.05) is 0 Å². The zero-order valence-electron chi connectivity index (χ0n) is 26.4. The molecule has 0 amide bonds. The normalized spacial score (nSPS) is 12.9. The molecule has 14 heteroatoms. The third kappa shape index (κ3) is 11.2. The predicted octanol–water partition coefficient (Wildman–Crippen LogP) is 10.2. The molecule has 3 nitrogen and oxygen atoms in total. The summed E-state index contributed by atoms with van der Waals surface area (Å²) in [5.74, 6) is -14.7. The molecule has 0 saturated heterocycles. The fraction of sp³-hybridized carbons (Fsp3) is 0.471. The Morgan fingerprint density at radius 1 is 0.542 bits per heavy atom. The molecule has 0 radical (unpaired) electrons. The maximum atomic E-state index is 12.2. The van der Waals surface area contributed by atoms with Gasteiger partial charge in [0.05, 0.1) is 0 Å². The first kappa shape index (κ1) is 41.5. The fourth-order valence-electron chi connectivity index (χ4n) is 4.75. The molecule has 0 aliphatic rings. The fourth-order valence-corrected chi connectivity index (χ4v) is 7.49. The number of benzene rings is 3. The minimum Gasteiger partial charge on any atom is -0.281 e. The van der Waals surface area contributed by atoms with Crippen LogP contribution in [-0.4, -0.2) is 36.2 Å². The number of halogens is 9. The second-order valence-electron chi connectivity index (χ2n) is 11.2. The van der Waals surface area contributed by atoms with Crippen molar-refractivity contribution in [3.63, 3.8) is 0 Å². The van der Waals surface area contributed by atoms with Crippen LogP contribution in [0, 0.1) is 0 Å². The molecule has 3 aromatic rings. The summed E-state index contributed by atoms with van der Waals surface area (Å²) in [4.78, 5) is 0. The summed E-state index contributed by atoms with van der Waals surface area (Å²) < 4.78 is 134. The van der Waals surface area contributed by atoms with Crippen LogP contribution in [0.2, 0.25) is 0 Å². The van der Waals surface area contributed by atoms with E-state index in [-0.39, 0.29) is 0 Å². The van der Waals surface area contributed by atoms with Crippen LogP contribution in [-0.2, 0) is 16.5 Å². The summed E-state index contributed by atoms with van der Waals surface area (Å²) in [5, 5.41) is -2.71. The number of aryl methyl sites for hydroxylation is 1. The number of rotatable bonds is 17. The largest absolute Gasteiger partial charge is 0.460 e. The third-order valence-electron chi connectivity index (χ3n) is 7.48. The Morgan fingerprint density at radius 2 is 0.917 bits per heavy atom. The standard InChI is InChI=1S/C30H39P.C4HF9O3S/c1-2-3-4-5-6-7-8-9-10-13-18-27-23-25-30(26-24-27)31(28-19-14-11-15-20-28)29-21-16-12-17-22-29;5-1(6,3(9,10)11)2(7,8)4(12,13)17(14,15)16/h11-12,14-17,19-26H,2-10,13,18H2,1H3;(H,14,15,16). The van der Waals surface area contributed by atoms with Crippen LogP contribution in [0.25, 0.3) is 0 Å². The van der Waals surface area contributed by atoms with E-state index in [0.29, 0.717) is 0 Å². The molecule has 0 spiro atoms. The van der Waals surface area contributed by atoms with E-state index in [1.165, 1.54) is 92.1 Å². The van der Waals surface area contributed by atoms with Crippen LogP contribution in [0.1, 0.15) is 76.7 Å². The van der Waals surface area contributed by atoms with Gasteiger partial charge in [0.2, 0.25) is 0 Å². The maximum Gasteiger partial charge on any atom is 0.460 e. The van der Waals surface area contributed by atoms with E-state index in [1.807, 2.05) is 0 Å². The van der Waals surface area contributed by atoms with E-state index in [1.54, 1.807) is 0 Å². The predicted molar refractivity (Wildman–Crippen MR) is 173 cm³/mol. The Balaban J connectivity index is 0.000000401. The van der Waals surface area contributed by atoms with Gasteiger partial charge in [0.1, 0.15) is 0 Å². The van der Waals surface area contributed by atoms with Gasteiger partial charge in [0.25, 0.3) is 0 Å². The average Bonchev–Trinajstić information content (AvgIpc) is 3.03. The second-order valence-corrected chi connectivity index (χ2v) is 14.9. The molecule has 268 valence electrons. The van der Waals surface area contributed by atoms with Crippen molar-refractivity contribution in [2.24, 2.45) is 0 Å². The van der Waals surface area contributed by atoms with Crippen molar-refractivity contribution in [1.82, 2.24) is 0 Å². The third-order valence-corrected chi connectivity index (χ3v) is 10.8. The number of alkyl halides is 9. The quantitative estimate of drug-likeness (QED) is 0.0651. The van der Waals surface area contributed by atoms with Crippen molar-refractivity contribution in [3.8, 4) is 0 Å². The van der Waals surface area contributed by atoms with Crippen LogP contribution in [0.15, 0.2) is 84.9 Å². The lowest BCUT2D eigenvalue weighted by Crippen LogP contribution is -2.63. The maximum absolute atomic E-state index is 12.2. The highest BCUT2D eigenvalue weighted by Crippen LogP contribution is 2.54. The number of hydrogen-bond donors (Lipinski definition) is 1. The minimum absolute atomic E-state index is 0.487. The van der Waals surface area contributed by atoms with Gasteiger partial charge < -0.3 is 0 Å². The smallest absolute Gasteiger partial charge is 0.281 e. The molecule has 0 heterocycles. The summed E-state index contributed by atoms with van der Waals surface area (Å²) in [7, 11) is -7.65. The van der Waals surface area contributed by atoms with Crippen molar-refractivity contribution in [2.75, 3.05) is 0 Å². The second kappa shape index (κ2) is 18.4. The lowest BCUT2D eigenvalue weighted by Gasteiger charge is -2.31. The van der Waals surface area contributed by atoms with Gasteiger partial charge in [-0.1, -0.05) is 150 Å². The lowest BCUT2D eigenvalue weighted by atomic mass is 10.0. The van der Waals surface area contributed by atoms with Crippen LogP contribution >= 0.6 is 7.92 Å². The summed E-state index contributed by atoms with van der Waals surface area (Å²) in [6.45, 7) is 2.29.